The van der Waals surface area contributed by atoms with E-state index in [1.54, 1.807) is 0 Å². The first-order valence-electron chi connectivity index (χ1n) is 5.53. The number of halogens is 4. The molecule has 0 saturated carbocycles. The standard InChI is InChI=1S/C11H7ClF3N3O3S/c1-22(20,21)6-2-3-8(16-4-6)18-10(12)7(5-19)9(17-18)11(13,14)15/h2-5H,1H3. The van der Waals surface area contributed by atoms with Crippen LogP contribution in [-0.2, 0) is 16.0 Å². The Morgan fingerprint density at radius 2 is 1.95 bits per heavy atom. The van der Waals surface area contributed by atoms with Gasteiger partial charge in [0, 0.05) is 12.5 Å². The summed E-state index contributed by atoms with van der Waals surface area (Å²) < 4.78 is 61.5. The largest absolute Gasteiger partial charge is 0.435 e. The molecule has 0 fully saturated rings. The van der Waals surface area contributed by atoms with Crippen LogP contribution in [0.2, 0.25) is 5.15 Å². The fraction of sp³-hybridized carbons (Fsp3) is 0.182. The first kappa shape index (κ1) is 16.4. The van der Waals surface area contributed by atoms with Crippen LogP contribution in [0.15, 0.2) is 23.2 Å². The predicted molar refractivity (Wildman–Crippen MR) is 69.9 cm³/mol. The summed E-state index contributed by atoms with van der Waals surface area (Å²) in [5, 5.41) is 2.66. The lowest BCUT2D eigenvalue weighted by atomic mass is 10.2. The van der Waals surface area contributed by atoms with Crippen molar-refractivity contribution in [3.63, 3.8) is 0 Å². The van der Waals surface area contributed by atoms with E-state index in [0.29, 0.717) is 4.68 Å². The van der Waals surface area contributed by atoms with E-state index in [0.717, 1.165) is 24.6 Å². The maximum absolute atomic E-state index is 12.8. The van der Waals surface area contributed by atoms with E-state index in [1.165, 1.54) is 0 Å². The van der Waals surface area contributed by atoms with Crippen LogP contribution in [0.4, 0.5) is 13.2 Å². The fourth-order valence-corrected chi connectivity index (χ4v) is 2.41. The summed E-state index contributed by atoms with van der Waals surface area (Å²) in [6, 6.07) is 2.27. The summed E-state index contributed by atoms with van der Waals surface area (Å²) in [4.78, 5) is 14.4. The van der Waals surface area contributed by atoms with Gasteiger partial charge >= 0.3 is 6.18 Å². The molecule has 0 unspecified atom stereocenters. The summed E-state index contributed by atoms with van der Waals surface area (Å²) >= 11 is 5.71. The number of pyridine rings is 1. The van der Waals surface area contributed by atoms with Crippen LogP contribution in [-0.4, -0.2) is 35.7 Å². The average molecular weight is 354 g/mol. The zero-order chi connectivity index (χ0) is 16.7. The number of hydrogen-bond acceptors (Lipinski definition) is 5. The maximum Gasteiger partial charge on any atom is 0.435 e. The second-order valence-electron chi connectivity index (χ2n) is 4.20. The van der Waals surface area contributed by atoms with Gasteiger partial charge in [-0.3, -0.25) is 4.79 Å². The molecule has 6 nitrogen and oxygen atoms in total. The first-order chi connectivity index (χ1) is 10.1. The number of sulfone groups is 1. The molecular formula is C11H7ClF3N3O3S. The summed E-state index contributed by atoms with van der Waals surface area (Å²) in [5.41, 5.74) is -2.26. The Morgan fingerprint density at radius 1 is 1.32 bits per heavy atom. The molecule has 2 rings (SSSR count). The van der Waals surface area contributed by atoms with Crippen molar-refractivity contribution in [1.82, 2.24) is 14.8 Å². The molecule has 0 aliphatic heterocycles. The zero-order valence-corrected chi connectivity index (χ0v) is 12.4. The quantitative estimate of drug-likeness (QED) is 0.790. The van der Waals surface area contributed by atoms with Gasteiger partial charge in [-0.2, -0.15) is 18.3 Å². The highest BCUT2D eigenvalue weighted by atomic mass is 35.5. The Morgan fingerprint density at radius 3 is 2.32 bits per heavy atom. The molecule has 0 amide bonds. The summed E-state index contributed by atoms with van der Waals surface area (Å²) in [6.07, 6.45) is -3.01. The summed E-state index contributed by atoms with van der Waals surface area (Å²) in [6.45, 7) is 0. The van der Waals surface area contributed by atoms with Crippen molar-refractivity contribution < 1.29 is 26.4 Å². The third-order valence-corrected chi connectivity index (χ3v) is 4.08. The lowest BCUT2D eigenvalue weighted by Gasteiger charge is -2.03. The average Bonchev–Trinajstić information content (AvgIpc) is 2.74. The molecule has 11 heteroatoms. The molecule has 0 aliphatic rings. The number of carbonyl (C=O) groups is 1. The lowest BCUT2D eigenvalue weighted by Crippen LogP contribution is -2.10. The minimum Gasteiger partial charge on any atom is -0.298 e. The van der Waals surface area contributed by atoms with Gasteiger partial charge in [-0.25, -0.2) is 18.1 Å². The van der Waals surface area contributed by atoms with Crippen LogP contribution in [0.3, 0.4) is 0 Å². The van der Waals surface area contributed by atoms with Crippen LogP contribution in [0.25, 0.3) is 5.82 Å². The van der Waals surface area contributed by atoms with Crippen molar-refractivity contribution in [2.75, 3.05) is 6.26 Å². The van der Waals surface area contributed by atoms with Gasteiger partial charge in [0.15, 0.2) is 27.6 Å². The fourth-order valence-electron chi connectivity index (χ4n) is 1.59. The molecule has 2 aromatic rings. The predicted octanol–water partition coefficient (Wildman–Crippen LogP) is 2.16. The van der Waals surface area contributed by atoms with Crippen LogP contribution in [0, 0.1) is 0 Å². The molecule has 22 heavy (non-hydrogen) atoms. The summed E-state index contributed by atoms with van der Waals surface area (Å²) in [5.74, 6) is -0.156. The van der Waals surface area contributed by atoms with Crippen LogP contribution < -0.4 is 0 Å². The van der Waals surface area contributed by atoms with Gasteiger partial charge in [0.05, 0.1) is 10.5 Å². The van der Waals surface area contributed by atoms with E-state index >= 15 is 0 Å². The highest BCUT2D eigenvalue weighted by Crippen LogP contribution is 2.34. The van der Waals surface area contributed by atoms with Crippen molar-refractivity contribution in [2.45, 2.75) is 11.1 Å². The molecule has 118 valence electrons. The van der Waals surface area contributed by atoms with Crippen LogP contribution in [0.5, 0.6) is 0 Å². The molecule has 0 atom stereocenters. The second-order valence-corrected chi connectivity index (χ2v) is 6.58. The minimum absolute atomic E-state index is 0.0560. The van der Waals surface area contributed by atoms with Crippen molar-refractivity contribution in [3.05, 3.63) is 34.7 Å². The molecule has 0 bridgehead atoms. The molecule has 2 aromatic heterocycles. The number of hydrogen-bond donors (Lipinski definition) is 0. The van der Waals surface area contributed by atoms with Crippen LogP contribution in [0.1, 0.15) is 16.1 Å². The van der Waals surface area contributed by atoms with Gasteiger partial charge in [0.2, 0.25) is 0 Å². The third-order valence-electron chi connectivity index (χ3n) is 2.62. The van der Waals surface area contributed by atoms with E-state index in [4.69, 9.17) is 11.6 Å². The maximum atomic E-state index is 12.8. The van der Waals surface area contributed by atoms with E-state index < -0.39 is 32.4 Å². The molecule has 0 aliphatic carbocycles. The van der Waals surface area contributed by atoms with Crippen molar-refractivity contribution in [1.29, 1.82) is 0 Å². The molecule has 0 N–H and O–H groups in total. The highest BCUT2D eigenvalue weighted by Gasteiger charge is 2.39. The van der Waals surface area contributed by atoms with Crippen molar-refractivity contribution >= 4 is 27.7 Å². The van der Waals surface area contributed by atoms with E-state index in [-0.39, 0.29) is 17.0 Å². The topological polar surface area (TPSA) is 81.9 Å². The molecular weight excluding hydrogens is 347 g/mol. The minimum atomic E-state index is -4.86. The van der Waals surface area contributed by atoms with Crippen molar-refractivity contribution in [2.24, 2.45) is 0 Å². The normalized spacial score (nSPS) is 12.4. The van der Waals surface area contributed by atoms with Crippen molar-refractivity contribution in [3.8, 4) is 5.82 Å². The number of alkyl halides is 3. The number of aldehydes is 1. The van der Waals surface area contributed by atoms with Gasteiger partial charge in [-0.15, -0.1) is 0 Å². The smallest absolute Gasteiger partial charge is 0.298 e. The van der Waals surface area contributed by atoms with E-state index in [9.17, 15) is 26.4 Å². The van der Waals surface area contributed by atoms with Crippen LogP contribution >= 0.6 is 11.6 Å². The number of rotatable bonds is 3. The van der Waals surface area contributed by atoms with Gasteiger partial charge in [0.25, 0.3) is 0 Å². The molecule has 0 spiro atoms. The lowest BCUT2D eigenvalue weighted by molar-refractivity contribution is -0.141. The first-order valence-corrected chi connectivity index (χ1v) is 7.80. The van der Waals surface area contributed by atoms with Gasteiger partial charge < -0.3 is 0 Å². The highest BCUT2D eigenvalue weighted by molar-refractivity contribution is 7.90. The molecule has 2 heterocycles. The Bertz CT molecular complexity index is 829. The molecule has 0 saturated heterocycles. The molecule has 0 radical (unpaired) electrons. The van der Waals surface area contributed by atoms with Gasteiger partial charge in [-0.1, -0.05) is 11.6 Å². The van der Waals surface area contributed by atoms with Gasteiger partial charge in [-0.05, 0) is 12.1 Å². The Kier molecular flexibility index (Phi) is 4.00. The number of aromatic nitrogens is 3. The Labute approximate surface area is 127 Å². The second kappa shape index (κ2) is 5.36. The molecule has 0 aromatic carbocycles. The van der Waals surface area contributed by atoms with E-state index in [2.05, 4.69) is 10.1 Å². The number of nitrogens with zero attached hydrogens (tertiary/aromatic N) is 3. The van der Waals surface area contributed by atoms with Gasteiger partial charge in [0.1, 0.15) is 5.15 Å². The third kappa shape index (κ3) is 2.97. The SMILES string of the molecule is CS(=O)(=O)c1ccc(-n2nc(C(F)(F)F)c(C=O)c2Cl)nc1. The van der Waals surface area contributed by atoms with E-state index in [1.807, 2.05) is 0 Å². The zero-order valence-electron chi connectivity index (χ0n) is 10.8. The Balaban J connectivity index is 2.59. The number of carbonyl (C=O) groups excluding carboxylic acids is 1. The Hall–Kier alpha value is -1.94. The monoisotopic (exact) mass is 353 g/mol. The summed E-state index contributed by atoms with van der Waals surface area (Å²) in [7, 11) is -3.50.